The van der Waals surface area contributed by atoms with Gasteiger partial charge in [-0.05, 0) is 31.2 Å². The van der Waals surface area contributed by atoms with E-state index in [9.17, 15) is 4.79 Å². The first kappa shape index (κ1) is 23.2. The lowest BCUT2D eigenvalue weighted by atomic mass is 10.0. The Labute approximate surface area is 204 Å². The Balaban J connectivity index is 1.48. The molecule has 2 saturated heterocycles. The van der Waals surface area contributed by atoms with Crippen LogP contribution in [0.2, 0.25) is 0 Å². The highest BCUT2D eigenvalue weighted by atomic mass is 19.1. The van der Waals surface area contributed by atoms with Crippen LogP contribution in [0.5, 0.6) is 0 Å². The van der Waals surface area contributed by atoms with E-state index in [0.717, 1.165) is 19.6 Å². The molecule has 35 heavy (non-hydrogen) atoms. The van der Waals surface area contributed by atoms with Gasteiger partial charge in [-0.1, -0.05) is 18.2 Å². The van der Waals surface area contributed by atoms with Gasteiger partial charge < -0.3 is 25.2 Å². The quantitative estimate of drug-likeness (QED) is 0.585. The van der Waals surface area contributed by atoms with Crippen LogP contribution in [0.1, 0.15) is 17.3 Å². The number of morpholine rings is 1. The summed E-state index contributed by atoms with van der Waals surface area (Å²) in [6.07, 6.45) is 3.26. The highest BCUT2D eigenvalue weighted by Gasteiger charge is 2.23. The predicted octanol–water partition coefficient (Wildman–Crippen LogP) is 3.17. The highest BCUT2D eigenvalue weighted by molar-refractivity contribution is 6.06. The van der Waals surface area contributed by atoms with Gasteiger partial charge >= 0.3 is 0 Å². The van der Waals surface area contributed by atoms with Crippen molar-refractivity contribution in [3.8, 4) is 11.1 Å². The van der Waals surface area contributed by atoms with E-state index in [4.69, 9.17) is 4.74 Å². The van der Waals surface area contributed by atoms with Crippen molar-refractivity contribution in [1.29, 1.82) is 0 Å². The smallest absolute Gasteiger partial charge is 0.255 e. The topological polar surface area (TPSA) is 82.6 Å². The maximum absolute atomic E-state index is 15.4. The third-order valence-electron chi connectivity index (χ3n) is 6.32. The fourth-order valence-corrected chi connectivity index (χ4v) is 4.47. The lowest BCUT2D eigenvalue weighted by Gasteiger charge is -2.35. The SMILES string of the molecule is C[C@H]1CN(c2cc(F)c(-c3cnc(N4CCOCC4)nc3)cc2NC(=O)c2ccccc2)CCN1. The Kier molecular flexibility index (Phi) is 6.87. The number of benzene rings is 2. The van der Waals surface area contributed by atoms with E-state index in [-0.39, 0.29) is 17.8 Å². The number of anilines is 3. The van der Waals surface area contributed by atoms with E-state index in [2.05, 4.69) is 32.4 Å². The van der Waals surface area contributed by atoms with Crippen LogP contribution in [0, 0.1) is 5.82 Å². The average molecular weight is 477 g/mol. The molecule has 2 N–H and O–H groups in total. The summed E-state index contributed by atoms with van der Waals surface area (Å²) in [6, 6.07) is 12.4. The highest BCUT2D eigenvalue weighted by Crippen LogP contribution is 2.35. The van der Waals surface area contributed by atoms with E-state index < -0.39 is 0 Å². The second-order valence-electron chi connectivity index (χ2n) is 8.84. The summed E-state index contributed by atoms with van der Waals surface area (Å²) >= 11 is 0. The molecule has 8 nitrogen and oxygen atoms in total. The van der Waals surface area contributed by atoms with Crippen LogP contribution < -0.4 is 20.4 Å². The van der Waals surface area contributed by atoms with E-state index in [0.29, 0.717) is 60.3 Å². The molecule has 2 aromatic carbocycles. The van der Waals surface area contributed by atoms with Gasteiger partial charge in [-0.15, -0.1) is 0 Å². The molecule has 0 spiro atoms. The number of hydrogen-bond acceptors (Lipinski definition) is 7. The van der Waals surface area contributed by atoms with Gasteiger partial charge in [0.15, 0.2) is 0 Å². The van der Waals surface area contributed by atoms with E-state index >= 15 is 4.39 Å². The molecule has 2 aliphatic rings. The monoisotopic (exact) mass is 476 g/mol. The van der Waals surface area contributed by atoms with Crippen LogP contribution in [-0.2, 0) is 4.74 Å². The minimum atomic E-state index is -0.383. The maximum atomic E-state index is 15.4. The number of halogens is 1. The van der Waals surface area contributed by atoms with Crippen molar-refractivity contribution in [3.05, 3.63) is 66.2 Å². The second kappa shape index (κ2) is 10.4. The Morgan fingerprint density at radius 3 is 2.54 bits per heavy atom. The summed E-state index contributed by atoms with van der Waals surface area (Å²) in [5.41, 5.74) is 2.65. The van der Waals surface area contributed by atoms with Crippen LogP contribution >= 0.6 is 0 Å². The lowest BCUT2D eigenvalue weighted by Crippen LogP contribution is -2.49. The number of nitrogens with zero attached hydrogens (tertiary/aromatic N) is 4. The zero-order valence-corrected chi connectivity index (χ0v) is 19.7. The van der Waals surface area contributed by atoms with Gasteiger partial charge in [0.1, 0.15) is 5.82 Å². The number of aromatic nitrogens is 2. The fourth-order valence-electron chi connectivity index (χ4n) is 4.47. The summed E-state index contributed by atoms with van der Waals surface area (Å²) in [5.74, 6) is -0.0281. The van der Waals surface area contributed by atoms with Crippen molar-refractivity contribution in [3.63, 3.8) is 0 Å². The predicted molar refractivity (Wildman–Crippen MR) is 135 cm³/mol. The third-order valence-corrected chi connectivity index (χ3v) is 6.32. The van der Waals surface area contributed by atoms with Crippen molar-refractivity contribution in [2.45, 2.75) is 13.0 Å². The minimum absolute atomic E-state index is 0.244. The average Bonchev–Trinajstić information content (AvgIpc) is 2.90. The molecule has 1 aromatic heterocycles. The van der Waals surface area contributed by atoms with Crippen LogP contribution in [0.25, 0.3) is 11.1 Å². The molecule has 0 aliphatic carbocycles. The molecule has 182 valence electrons. The molecule has 5 rings (SSSR count). The third kappa shape index (κ3) is 5.26. The fraction of sp³-hybridized carbons (Fsp3) is 0.346. The number of rotatable bonds is 5. The van der Waals surface area contributed by atoms with Crippen molar-refractivity contribution in [2.24, 2.45) is 0 Å². The Morgan fingerprint density at radius 1 is 1.09 bits per heavy atom. The first-order valence-corrected chi connectivity index (χ1v) is 11.9. The van der Waals surface area contributed by atoms with Gasteiger partial charge in [-0.3, -0.25) is 4.79 Å². The lowest BCUT2D eigenvalue weighted by molar-refractivity contribution is 0.102. The Bertz CT molecular complexity index is 1170. The Morgan fingerprint density at radius 2 is 1.83 bits per heavy atom. The molecule has 0 radical (unpaired) electrons. The number of ether oxygens (including phenoxy) is 1. The van der Waals surface area contributed by atoms with E-state index in [1.807, 2.05) is 23.1 Å². The first-order chi connectivity index (χ1) is 17.1. The van der Waals surface area contributed by atoms with Gasteiger partial charge in [-0.25, -0.2) is 14.4 Å². The molecule has 3 aromatic rings. The number of amides is 1. The molecule has 0 saturated carbocycles. The van der Waals surface area contributed by atoms with E-state index in [1.54, 1.807) is 30.6 Å². The standard InChI is InChI=1S/C26H29FN6O2/c1-18-17-33(8-7-28-18)24-14-22(27)21(13-23(24)31-25(34)19-5-3-2-4-6-19)20-15-29-26(30-16-20)32-9-11-35-12-10-32/h2-6,13-16,18,28H,7-12,17H2,1H3,(H,31,34)/t18-/m0/s1. The molecule has 9 heteroatoms. The van der Waals surface area contributed by atoms with Crippen LogP contribution in [0.3, 0.4) is 0 Å². The van der Waals surface area contributed by atoms with Crippen LogP contribution in [0.15, 0.2) is 54.9 Å². The summed E-state index contributed by atoms with van der Waals surface area (Å²) in [4.78, 5) is 26.1. The molecule has 0 unspecified atom stereocenters. The number of hydrogen-bond donors (Lipinski definition) is 2. The number of nitrogens with one attached hydrogen (secondary N) is 2. The number of piperazine rings is 1. The van der Waals surface area contributed by atoms with Gasteiger partial charge in [0.25, 0.3) is 5.91 Å². The molecule has 3 heterocycles. The zero-order valence-electron chi connectivity index (χ0n) is 19.7. The molecule has 1 atom stereocenters. The maximum Gasteiger partial charge on any atom is 0.255 e. The van der Waals surface area contributed by atoms with Crippen molar-refractivity contribution in [2.75, 3.05) is 61.1 Å². The normalized spacial score (nSPS) is 18.4. The zero-order chi connectivity index (χ0) is 24.2. The van der Waals surface area contributed by atoms with Crippen molar-refractivity contribution in [1.82, 2.24) is 15.3 Å². The van der Waals surface area contributed by atoms with Gasteiger partial charge in [0, 0.05) is 67.8 Å². The number of carbonyl (C=O) groups is 1. The van der Waals surface area contributed by atoms with Crippen molar-refractivity contribution < 1.29 is 13.9 Å². The van der Waals surface area contributed by atoms with Gasteiger partial charge in [0.2, 0.25) is 5.95 Å². The Hall–Kier alpha value is -3.56. The largest absolute Gasteiger partial charge is 0.378 e. The van der Waals surface area contributed by atoms with Gasteiger partial charge in [0.05, 0.1) is 24.6 Å². The first-order valence-electron chi connectivity index (χ1n) is 11.9. The van der Waals surface area contributed by atoms with Gasteiger partial charge in [-0.2, -0.15) is 0 Å². The molecule has 1 amide bonds. The number of carbonyl (C=O) groups excluding carboxylic acids is 1. The van der Waals surface area contributed by atoms with E-state index in [1.165, 1.54) is 6.07 Å². The van der Waals surface area contributed by atoms with Crippen LogP contribution in [0.4, 0.5) is 21.7 Å². The minimum Gasteiger partial charge on any atom is -0.378 e. The molecular formula is C26H29FN6O2. The summed E-state index contributed by atoms with van der Waals surface area (Å²) < 4.78 is 20.8. The molecule has 2 fully saturated rings. The molecular weight excluding hydrogens is 447 g/mol. The van der Waals surface area contributed by atoms with Crippen LogP contribution in [-0.4, -0.2) is 67.9 Å². The molecule has 2 aliphatic heterocycles. The molecule has 0 bridgehead atoms. The summed E-state index contributed by atoms with van der Waals surface area (Å²) in [7, 11) is 0. The summed E-state index contributed by atoms with van der Waals surface area (Å²) in [5, 5.41) is 6.41. The summed E-state index contributed by atoms with van der Waals surface area (Å²) in [6.45, 7) is 7.02. The second-order valence-corrected chi connectivity index (χ2v) is 8.84. The van der Waals surface area contributed by atoms with Crippen molar-refractivity contribution >= 4 is 23.2 Å².